The van der Waals surface area contributed by atoms with E-state index in [4.69, 9.17) is 4.74 Å². The summed E-state index contributed by atoms with van der Waals surface area (Å²) < 4.78 is 5.66. The molecule has 0 unspecified atom stereocenters. The van der Waals surface area contributed by atoms with E-state index in [1.54, 1.807) is 48.5 Å². The van der Waals surface area contributed by atoms with E-state index in [0.717, 1.165) is 5.56 Å². The number of carbonyl (C=O) groups is 2. The first kappa shape index (κ1) is 17.4. The quantitative estimate of drug-likeness (QED) is 0.687. The van der Waals surface area contributed by atoms with E-state index in [0.29, 0.717) is 11.1 Å². The Morgan fingerprint density at radius 3 is 1.81 bits per heavy atom. The Labute approximate surface area is 152 Å². The first-order chi connectivity index (χ1) is 12.7. The second-order valence-electron chi connectivity index (χ2n) is 5.75. The largest absolute Gasteiger partial charge is 0.452 e. The highest BCUT2D eigenvalue weighted by Crippen LogP contribution is 2.18. The maximum absolute atomic E-state index is 12.4. The van der Waals surface area contributed by atoms with E-state index in [1.165, 1.54) is 0 Å². The highest BCUT2D eigenvalue weighted by atomic mass is 16.5. The molecule has 0 radical (unpaired) electrons. The van der Waals surface area contributed by atoms with Gasteiger partial charge in [0.25, 0.3) is 5.91 Å². The summed E-state index contributed by atoms with van der Waals surface area (Å²) in [5.74, 6) is -0.629. The topological polar surface area (TPSA) is 55.4 Å². The highest BCUT2D eigenvalue weighted by molar-refractivity contribution is 5.94. The molecular weight excluding hydrogens is 326 g/mol. The van der Waals surface area contributed by atoms with Gasteiger partial charge in [-0.2, -0.15) is 0 Å². The fraction of sp³-hybridized carbons (Fsp3) is 0.0909. The number of ether oxygens (including phenoxy) is 1. The number of esters is 1. The van der Waals surface area contributed by atoms with E-state index < -0.39 is 12.1 Å². The summed E-state index contributed by atoms with van der Waals surface area (Å²) >= 11 is 0. The number of nitrogens with one attached hydrogen (secondary N) is 1. The van der Waals surface area contributed by atoms with Gasteiger partial charge in [-0.05, 0) is 29.8 Å². The van der Waals surface area contributed by atoms with Gasteiger partial charge < -0.3 is 10.1 Å². The molecule has 4 nitrogen and oxygen atoms in total. The maximum atomic E-state index is 12.4. The van der Waals surface area contributed by atoms with Crippen molar-refractivity contribution in [3.8, 4) is 0 Å². The monoisotopic (exact) mass is 345 g/mol. The third-order valence-electron chi connectivity index (χ3n) is 3.91. The van der Waals surface area contributed by atoms with Crippen molar-refractivity contribution in [3.63, 3.8) is 0 Å². The fourth-order valence-corrected chi connectivity index (χ4v) is 2.54. The Morgan fingerprint density at radius 1 is 0.731 bits per heavy atom. The van der Waals surface area contributed by atoms with Crippen LogP contribution in [0.1, 0.15) is 32.4 Å². The minimum atomic E-state index is -0.573. The molecular formula is C22H19NO3. The average Bonchev–Trinajstić information content (AvgIpc) is 2.72. The molecule has 1 N–H and O–H groups in total. The number of hydrogen-bond acceptors (Lipinski definition) is 3. The molecule has 3 rings (SSSR count). The summed E-state index contributed by atoms with van der Waals surface area (Å²) in [4.78, 5) is 24.7. The van der Waals surface area contributed by atoms with E-state index in [9.17, 15) is 9.59 Å². The number of hydrogen-bond donors (Lipinski definition) is 1. The van der Waals surface area contributed by atoms with Crippen LogP contribution in [-0.4, -0.2) is 18.4 Å². The molecule has 130 valence electrons. The third kappa shape index (κ3) is 4.57. The predicted molar refractivity (Wildman–Crippen MR) is 99.8 cm³/mol. The Morgan fingerprint density at radius 2 is 1.23 bits per heavy atom. The lowest BCUT2D eigenvalue weighted by molar-refractivity contribution is 0.0293. The van der Waals surface area contributed by atoms with Gasteiger partial charge in [0, 0.05) is 5.56 Å². The zero-order valence-corrected chi connectivity index (χ0v) is 14.2. The Bertz CT molecular complexity index is 848. The number of benzene rings is 3. The van der Waals surface area contributed by atoms with Gasteiger partial charge in [0.2, 0.25) is 0 Å². The lowest BCUT2D eigenvalue weighted by Gasteiger charge is -2.19. The molecule has 1 atom stereocenters. The minimum Gasteiger partial charge on any atom is -0.452 e. The van der Waals surface area contributed by atoms with Gasteiger partial charge in [-0.1, -0.05) is 66.7 Å². The molecule has 0 fully saturated rings. The highest BCUT2D eigenvalue weighted by Gasteiger charge is 2.19. The minimum absolute atomic E-state index is 0.191. The van der Waals surface area contributed by atoms with Gasteiger partial charge in [-0.25, -0.2) is 4.79 Å². The van der Waals surface area contributed by atoms with Gasteiger partial charge in [0.1, 0.15) is 6.10 Å². The smallest absolute Gasteiger partial charge is 0.338 e. The molecule has 3 aromatic rings. The van der Waals surface area contributed by atoms with Crippen LogP contribution in [0.3, 0.4) is 0 Å². The number of rotatable bonds is 6. The molecule has 0 aliphatic heterocycles. The summed E-state index contributed by atoms with van der Waals surface area (Å²) in [5.41, 5.74) is 1.86. The molecule has 1 amide bonds. The van der Waals surface area contributed by atoms with Crippen LogP contribution in [0.15, 0.2) is 91.0 Å². The maximum Gasteiger partial charge on any atom is 0.338 e. The second kappa shape index (κ2) is 8.62. The van der Waals surface area contributed by atoms with Crippen LogP contribution in [0.4, 0.5) is 0 Å². The van der Waals surface area contributed by atoms with Crippen molar-refractivity contribution < 1.29 is 14.3 Å². The van der Waals surface area contributed by atoms with E-state index in [2.05, 4.69) is 5.32 Å². The molecule has 0 spiro atoms. The van der Waals surface area contributed by atoms with Crippen molar-refractivity contribution in [3.05, 3.63) is 108 Å². The zero-order chi connectivity index (χ0) is 18.2. The van der Waals surface area contributed by atoms with Crippen LogP contribution in [0, 0.1) is 0 Å². The predicted octanol–water partition coefficient (Wildman–Crippen LogP) is 4.01. The summed E-state index contributed by atoms with van der Waals surface area (Å²) in [6.45, 7) is 0.191. The zero-order valence-electron chi connectivity index (χ0n) is 14.2. The van der Waals surface area contributed by atoms with E-state index >= 15 is 0 Å². The summed E-state index contributed by atoms with van der Waals surface area (Å²) in [6.07, 6.45) is -0.573. The van der Waals surface area contributed by atoms with Gasteiger partial charge in [0.05, 0.1) is 12.1 Å². The molecule has 26 heavy (non-hydrogen) atoms. The van der Waals surface area contributed by atoms with Crippen LogP contribution in [-0.2, 0) is 4.74 Å². The summed E-state index contributed by atoms with van der Waals surface area (Å²) in [5, 5.41) is 2.84. The van der Waals surface area contributed by atoms with Gasteiger partial charge in [-0.3, -0.25) is 4.79 Å². The van der Waals surface area contributed by atoms with Crippen molar-refractivity contribution in [1.29, 1.82) is 0 Å². The van der Waals surface area contributed by atoms with Crippen LogP contribution >= 0.6 is 0 Å². The normalized spacial score (nSPS) is 11.4. The lowest BCUT2D eigenvalue weighted by atomic mass is 10.1. The molecule has 0 aliphatic rings. The SMILES string of the molecule is O=C(NC[C@H](OC(=O)c1ccccc1)c1ccccc1)c1ccccc1. The Hall–Kier alpha value is -3.40. The van der Waals surface area contributed by atoms with Crippen molar-refractivity contribution in [2.45, 2.75) is 6.10 Å². The molecule has 0 heterocycles. The van der Waals surface area contributed by atoms with Crippen molar-refractivity contribution in [2.75, 3.05) is 6.54 Å². The van der Waals surface area contributed by atoms with Crippen molar-refractivity contribution in [2.24, 2.45) is 0 Å². The first-order valence-corrected chi connectivity index (χ1v) is 8.38. The third-order valence-corrected chi connectivity index (χ3v) is 3.91. The van der Waals surface area contributed by atoms with E-state index in [1.807, 2.05) is 42.5 Å². The standard InChI is InChI=1S/C22H19NO3/c24-21(18-12-6-2-7-13-18)23-16-20(17-10-4-1-5-11-17)26-22(25)19-14-8-3-9-15-19/h1-15,20H,16H2,(H,23,24)/t20-/m0/s1. The van der Waals surface area contributed by atoms with Crippen LogP contribution in [0.25, 0.3) is 0 Å². The number of carbonyl (C=O) groups excluding carboxylic acids is 2. The first-order valence-electron chi connectivity index (χ1n) is 8.38. The second-order valence-corrected chi connectivity index (χ2v) is 5.75. The van der Waals surface area contributed by atoms with Gasteiger partial charge in [-0.15, -0.1) is 0 Å². The molecule has 0 bridgehead atoms. The molecule has 0 saturated carbocycles. The van der Waals surface area contributed by atoms with E-state index in [-0.39, 0.29) is 12.5 Å². The average molecular weight is 345 g/mol. The summed E-state index contributed by atoms with van der Waals surface area (Å²) in [7, 11) is 0. The molecule has 0 aliphatic carbocycles. The molecule has 4 heteroatoms. The fourth-order valence-electron chi connectivity index (χ4n) is 2.54. The van der Waals surface area contributed by atoms with Crippen LogP contribution < -0.4 is 5.32 Å². The lowest BCUT2D eigenvalue weighted by Crippen LogP contribution is -2.30. The molecule has 3 aromatic carbocycles. The Balaban J connectivity index is 1.72. The van der Waals surface area contributed by atoms with Gasteiger partial charge in [0.15, 0.2) is 0 Å². The van der Waals surface area contributed by atoms with Crippen molar-refractivity contribution >= 4 is 11.9 Å². The molecule has 0 saturated heterocycles. The van der Waals surface area contributed by atoms with Gasteiger partial charge >= 0.3 is 5.97 Å². The summed E-state index contributed by atoms with van der Waals surface area (Å²) in [6, 6.07) is 27.1. The van der Waals surface area contributed by atoms with Crippen LogP contribution in [0.2, 0.25) is 0 Å². The number of amides is 1. The van der Waals surface area contributed by atoms with Crippen LogP contribution in [0.5, 0.6) is 0 Å². The Kier molecular flexibility index (Phi) is 5.78. The van der Waals surface area contributed by atoms with Crippen molar-refractivity contribution in [1.82, 2.24) is 5.32 Å². The molecule has 0 aromatic heterocycles.